The van der Waals surface area contributed by atoms with Gasteiger partial charge < -0.3 is 15.5 Å². The number of hydrogen-bond acceptors (Lipinski definition) is 4. The first-order valence-electron chi connectivity index (χ1n) is 10.6. The summed E-state index contributed by atoms with van der Waals surface area (Å²) in [6, 6.07) is 12.2. The summed E-state index contributed by atoms with van der Waals surface area (Å²) < 4.78 is 0. The van der Waals surface area contributed by atoms with Gasteiger partial charge in [-0.2, -0.15) is 0 Å². The molecule has 2 aliphatic heterocycles. The van der Waals surface area contributed by atoms with E-state index in [1.807, 2.05) is 38.1 Å². The molecule has 2 atom stereocenters. The van der Waals surface area contributed by atoms with Gasteiger partial charge in [0, 0.05) is 43.1 Å². The highest BCUT2D eigenvalue weighted by Gasteiger charge is 2.30. The van der Waals surface area contributed by atoms with Crippen LogP contribution in [0.2, 0.25) is 0 Å². The van der Waals surface area contributed by atoms with E-state index in [1.165, 1.54) is 5.69 Å². The lowest BCUT2D eigenvalue weighted by Crippen LogP contribution is -2.36. The molecule has 4 rings (SSSR count). The van der Waals surface area contributed by atoms with Gasteiger partial charge >= 0.3 is 0 Å². The Morgan fingerprint density at radius 3 is 2.87 bits per heavy atom. The molecule has 6 nitrogen and oxygen atoms in total. The SMILES string of the molecule is CCC(=O)NC1CCN(c2ccc(N=CC3C(=O)Nc4cccc(C)c43)cc2C)C1. The third kappa shape index (κ3) is 3.95. The van der Waals surface area contributed by atoms with Gasteiger partial charge in [-0.25, -0.2) is 0 Å². The minimum Gasteiger partial charge on any atom is -0.369 e. The van der Waals surface area contributed by atoms with Crippen LogP contribution in [0.25, 0.3) is 0 Å². The normalized spacial score (nSPS) is 20.5. The Morgan fingerprint density at radius 1 is 1.27 bits per heavy atom. The van der Waals surface area contributed by atoms with Gasteiger partial charge in [-0.15, -0.1) is 0 Å². The summed E-state index contributed by atoms with van der Waals surface area (Å²) in [6.45, 7) is 7.73. The van der Waals surface area contributed by atoms with Crippen molar-refractivity contribution in [2.75, 3.05) is 23.3 Å². The molecule has 2 amide bonds. The van der Waals surface area contributed by atoms with E-state index in [9.17, 15) is 9.59 Å². The second kappa shape index (κ2) is 8.30. The first-order valence-corrected chi connectivity index (χ1v) is 10.6. The molecule has 2 N–H and O–H groups in total. The molecular formula is C24H28N4O2. The fourth-order valence-electron chi connectivity index (χ4n) is 4.35. The third-order valence-corrected chi connectivity index (χ3v) is 5.94. The predicted octanol–water partition coefficient (Wildman–Crippen LogP) is 3.85. The first kappa shape index (κ1) is 20.1. The van der Waals surface area contributed by atoms with Crippen molar-refractivity contribution in [1.29, 1.82) is 0 Å². The quantitative estimate of drug-likeness (QED) is 0.744. The number of anilines is 2. The van der Waals surface area contributed by atoms with Crippen LogP contribution in [0, 0.1) is 13.8 Å². The number of nitrogens with one attached hydrogen (secondary N) is 2. The molecule has 0 bridgehead atoms. The number of carbonyl (C=O) groups excluding carboxylic acids is 2. The molecule has 0 spiro atoms. The molecule has 2 aliphatic rings. The molecule has 6 heteroatoms. The summed E-state index contributed by atoms with van der Waals surface area (Å²) in [5.74, 6) is -0.285. The standard InChI is InChI=1S/C24H28N4O2/c1-4-22(29)26-18-10-11-28(14-18)21-9-8-17(12-16(21)3)25-13-19-23-15(2)6-5-7-20(23)27-24(19)30/h5-9,12-13,18-19H,4,10-11,14H2,1-3H3,(H,26,29)(H,27,30). The van der Waals surface area contributed by atoms with E-state index < -0.39 is 0 Å². The van der Waals surface area contributed by atoms with Crippen LogP contribution in [0.3, 0.4) is 0 Å². The Hall–Kier alpha value is -3.15. The maximum absolute atomic E-state index is 12.4. The van der Waals surface area contributed by atoms with Crippen molar-refractivity contribution in [3.63, 3.8) is 0 Å². The fraction of sp³-hybridized carbons (Fsp3) is 0.375. The maximum Gasteiger partial charge on any atom is 0.237 e. The average Bonchev–Trinajstić information content (AvgIpc) is 3.30. The minimum absolute atomic E-state index is 0.0337. The molecule has 2 unspecified atom stereocenters. The summed E-state index contributed by atoms with van der Waals surface area (Å²) >= 11 is 0. The zero-order chi connectivity index (χ0) is 21.3. The molecule has 2 aromatic carbocycles. The fourth-order valence-corrected chi connectivity index (χ4v) is 4.35. The lowest BCUT2D eigenvalue weighted by atomic mass is 9.97. The van der Waals surface area contributed by atoms with Crippen LogP contribution in [-0.4, -0.2) is 37.2 Å². The highest BCUT2D eigenvalue weighted by molar-refractivity contribution is 6.13. The number of rotatable bonds is 5. The molecule has 30 heavy (non-hydrogen) atoms. The molecule has 1 fully saturated rings. The highest BCUT2D eigenvalue weighted by atomic mass is 16.2. The number of carbonyl (C=O) groups is 2. The molecule has 1 saturated heterocycles. The summed E-state index contributed by atoms with van der Waals surface area (Å²) in [4.78, 5) is 31.0. The molecule has 0 saturated carbocycles. The van der Waals surface area contributed by atoms with E-state index in [1.54, 1.807) is 6.21 Å². The van der Waals surface area contributed by atoms with Crippen LogP contribution < -0.4 is 15.5 Å². The van der Waals surface area contributed by atoms with Crippen molar-refractivity contribution in [2.45, 2.75) is 45.6 Å². The van der Waals surface area contributed by atoms with Crippen LogP contribution in [0.5, 0.6) is 0 Å². The van der Waals surface area contributed by atoms with Crippen LogP contribution in [0.15, 0.2) is 41.4 Å². The Bertz CT molecular complexity index is 1010. The first-order chi connectivity index (χ1) is 14.5. The van der Waals surface area contributed by atoms with Crippen molar-refractivity contribution in [3.8, 4) is 0 Å². The lowest BCUT2D eigenvalue weighted by molar-refractivity contribution is -0.121. The average molecular weight is 405 g/mol. The zero-order valence-electron chi connectivity index (χ0n) is 17.7. The van der Waals surface area contributed by atoms with Crippen LogP contribution >= 0.6 is 0 Å². The van der Waals surface area contributed by atoms with Gasteiger partial charge in [0.2, 0.25) is 11.8 Å². The van der Waals surface area contributed by atoms with E-state index in [0.717, 1.165) is 47.6 Å². The number of amides is 2. The van der Waals surface area contributed by atoms with Crippen molar-refractivity contribution in [1.82, 2.24) is 5.32 Å². The van der Waals surface area contributed by atoms with E-state index >= 15 is 0 Å². The van der Waals surface area contributed by atoms with Gasteiger partial charge in [0.15, 0.2) is 0 Å². The van der Waals surface area contributed by atoms with E-state index in [4.69, 9.17) is 0 Å². The molecule has 2 aromatic rings. The molecule has 156 valence electrons. The number of fused-ring (bicyclic) bond motifs is 1. The largest absolute Gasteiger partial charge is 0.369 e. The van der Waals surface area contributed by atoms with Gasteiger partial charge in [0.05, 0.1) is 5.69 Å². The summed E-state index contributed by atoms with van der Waals surface area (Å²) in [5.41, 5.74) is 6.12. The number of hydrogen-bond donors (Lipinski definition) is 2. The maximum atomic E-state index is 12.4. The van der Waals surface area contributed by atoms with E-state index in [2.05, 4.69) is 39.6 Å². The van der Waals surface area contributed by atoms with Gasteiger partial charge in [-0.3, -0.25) is 14.6 Å². The molecule has 0 aliphatic carbocycles. The second-order valence-corrected chi connectivity index (χ2v) is 8.10. The number of benzene rings is 2. The highest BCUT2D eigenvalue weighted by Crippen LogP contribution is 2.34. The van der Waals surface area contributed by atoms with E-state index in [-0.39, 0.29) is 23.8 Å². The summed E-state index contributed by atoms with van der Waals surface area (Å²) in [7, 11) is 0. The lowest BCUT2D eigenvalue weighted by Gasteiger charge is -2.21. The topological polar surface area (TPSA) is 73.8 Å². The number of aliphatic imine (C=N–C) groups is 1. The van der Waals surface area contributed by atoms with Crippen molar-refractivity contribution in [2.24, 2.45) is 4.99 Å². The van der Waals surface area contributed by atoms with Crippen LogP contribution in [-0.2, 0) is 9.59 Å². The van der Waals surface area contributed by atoms with Gasteiger partial charge in [-0.1, -0.05) is 19.1 Å². The van der Waals surface area contributed by atoms with Crippen LogP contribution in [0.1, 0.15) is 42.4 Å². The van der Waals surface area contributed by atoms with Gasteiger partial charge in [0.1, 0.15) is 5.92 Å². The molecule has 2 heterocycles. The second-order valence-electron chi connectivity index (χ2n) is 8.10. The molecule has 0 radical (unpaired) electrons. The smallest absolute Gasteiger partial charge is 0.237 e. The number of aryl methyl sites for hydroxylation is 2. The molecular weight excluding hydrogens is 376 g/mol. The van der Waals surface area contributed by atoms with Crippen molar-refractivity contribution >= 4 is 35.1 Å². The Labute approximate surface area is 177 Å². The Balaban J connectivity index is 1.47. The van der Waals surface area contributed by atoms with Crippen molar-refractivity contribution in [3.05, 3.63) is 53.1 Å². The molecule has 0 aromatic heterocycles. The van der Waals surface area contributed by atoms with Crippen molar-refractivity contribution < 1.29 is 9.59 Å². The summed E-state index contributed by atoms with van der Waals surface area (Å²) in [5, 5.41) is 6.02. The minimum atomic E-state index is -0.359. The third-order valence-electron chi connectivity index (χ3n) is 5.94. The monoisotopic (exact) mass is 404 g/mol. The van der Waals surface area contributed by atoms with E-state index in [0.29, 0.717) is 6.42 Å². The predicted molar refractivity (Wildman–Crippen MR) is 121 cm³/mol. The Kier molecular flexibility index (Phi) is 5.57. The van der Waals surface area contributed by atoms with Gasteiger partial charge in [0.25, 0.3) is 0 Å². The summed E-state index contributed by atoms with van der Waals surface area (Å²) in [6.07, 6.45) is 3.22. The van der Waals surface area contributed by atoms with Gasteiger partial charge in [-0.05, 0) is 61.2 Å². The Morgan fingerprint density at radius 2 is 2.10 bits per heavy atom. The number of nitrogens with zero attached hydrogens (tertiary/aromatic N) is 2. The zero-order valence-corrected chi connectivity index (χ0v) is 17.7. The van der Waals surface area contributed by atoms with Crippen LogP contribution in [0.4, 0.5) is 17.1 Å².